The van der Waals surface area contributed by atoms with Gasteiger partial charge in [-0.2, -0.15) is 0 Å². The molecule has 2 N–H and O–H groups in total. The van der Waals surface area contributed by atoms with E-state index in [1.165, 1.54) is 40.8 Å². The molecule has 10 nitrogen and oxygen atoms in total. The van der Waals surface area contributed by atoms with Crippen LogP contribution in [0.2, 0.25) is 0 Å². The Bertz CT molecular complexity index is 1280. The van der Waals surface area contributed by atoms with Gasteiger partial charge in [-0.05, 0) is 49.8 Å². The highest BCUT2D eigenvalue weighted by atomic mass is 19.1. The summed E-state index contributed by atoms with van der Waals surface area (Å²) in [5.41, 5.74) is 1.98. The maximum Gasteiger partial charge on any atom is 0.273 e. The van der Waals surface area contributed by atoms with Crippen molar-refractivity contribution in [3.05, 3.63) is 70.2 Å². The van der Waals surface area contributed by atoms with Gasteiger partial charge in [0.1, 0.15) is 6.17 Å². The topological polar surface area (TPSA) is 124 Å². The van der Waals surface area contributed by atoms with E-state index in [2.05, 4.69) is 25.9 Å². The first-order valence-corrected chi connectivity index (χ1v) is 13.1. The molecule has 1 saturated carbocycles. The zero-order valence-electron chi connectivity index (χ0n) is 21.6. The number of carbonyl (C=O) groups excluding carboxylic acids is 2. The Morgan fingerprint density at radius 2 is 2.00 bits per heavy atom. The van der Waals surface area contributed by atoms with Gasteiger partial charge in [0, 0.05) is 49.4 Å². The molecule has 0 radical (unpaired) electrons. The van der Waals surface area contributed by atoms with Gasteiger partial charge in [-0.3, -0.25) is 19.4 Å². The van der Waals surface area contributed by atoms with E-state index in [0.29, 0.717) is 24.6 Å². The largest absolute Gasteiger partial charge is 0.346 e. The Balaban J connectivity index is 1.21. The lowest BCUT2D eigenvalue weighted by Gasteiger charge is -2.20. The highest BCUT2D eigenvalue weighted by molar-refractivity contribution is 5.91. The molecule has 202 valence electrons. The van der Waals surface area contributed by atoms with Crippen LogP contribution in [0.25, 0.3) is 0 Å². The fourth-order valence-corrected chi connectivity index (χ4v) is 4.58. The fourth-order valence-electron chi connectivity index (χ4n) is 4.58. The normalized spacial score (nSPS) is 14.7. The number of halogens is 1. The Morgan fingerprint density at radius 1 is 1.18 bits per heavy atom. The summed E-state index contributed by atoms with van der Waals surface area (Å²) >= 11 is 0. The van der Waals surface area contributed by atoms with Crippen LogP contribution in [0.15, 0.2) is 47.7 Å². The molecular weight excluding hydrogens is 489 g/mol. The average Bonchev–Trinajstić information content (AvgIpc) is 3.36. The minimum absolute atomic E-state index is 0.0779. The van der Waals surface area contributed by atoms with Gasteiger partial charge in [0.2, 0.25) is 5.91 Å². The predicted octanol–water partition coefficient (Wildman–Crippen LogP) is 3.41. The van der Waals surface area contributed by atoms with Crippen LogP contribution >= 0.6 is 0 Å². The Morgan fingerprint density at radius 3 is 2.74 bits per heavy atom. The first-order chi connectivity index (χ1) is 18.4. The molecule has 1 unspecified atom stereocenters. The fraction of sp³-hybridized carbons (Fsp3) is 0.481. The molecule has 11 heteroatoms. The number of alkyl halides is 1. The van der Waals surface area contributed by atoms with Crippen LogP contribution in [-0.4, -0.2) is 42.5 Å². The van der Waals surface area contributed by atoms with Gasteiger partial charge in [0.25, 0.3) is 11.5 Å². The molecule has 1 aliphatic rings. The summed E-state index contributed by atoms with van der Waals surface area (Å²) in [5, 5.41) is 13.2. The van der Waals surface area contributed by atoms with Gasteiger partial charge in [0.05, 0.1) is 12.7 Å². The lowest BCUT2D eigenvalue weighted by atomic mass is 9.87. The van der Waals surface area contributed by atoms with Gasteiger partial charge in [-0.1, -0.05) is 30.5 Å². The van der Waals surface area contributed by atoms with Gasteiger partial charge >= 0.3 is 0 Å². The van der Waals surface area contributed by atoms with Gasteiger partial charge in [-0.15, -0.1) is 5.10 Å². The first-order valence-electron chi connectivity index (χ1n) is 13.1. The minimum atomic E-state index is -1.30. The van der Waals surface area contributed by atoms with Crippen molar-refractivity contribution in [1.82, 2.24) is 29.9 Å². The quantitative estimate of drug-likeness (QED) is 0.397. The number of hydrogen-bond donors (Lipinski definition) is 2. The van der Waals surface area contributed by atoms with Crippen LogP contribution < -0.4 is 16.2 Å². The zero-order valence-corrected chi connectivity index (χ0v) is 21.6. The van der Waals surface area contributed by atoms with Crippen molar-refractivity contribution in [1.29, 1.82) is 0 Å². The van der Waals surface area contributed by atoms with Crippen molar-refractivity contribution in [3.8, 4) is 0 Å². The molecule has 0 aliphatic heterocycles. The Labute approximate surface area is 220 Å². The summed E-state index contributed by atoms with van der Waals surface area (Å²) in [6.07, 6.45) is 9.63. The molecule has 0 spiro atoms. The molecule has 3 heterocycles. The lowest BCUT2D eigenvalue weighted by Crippen LogP contribution is -2.24. The van der Waals surface area contributed by atoms with E-state index in [-0.39, 0.29) is 36.7 Å². The van der Waals surface area contributed by atoms with Crippen molar-refractivity contribution >= 4 is 17.5 Å². The second-order valence-corrected chi connectivity index (χ2v) is 9.91. The number of pyridine rings is 2. The summed E-state index contributed by atoms with van der Waals surface area (Å²) in [6.45, 7) is 2.25. The number of nitrogens with one attached hydrogen (secondary N) is 2. The minimum Gasteiger partial charge on any atom is -0.346 e. The summed E-state index contributed by atoms with van der Waals surface area (Å²) in [4.78, 5) is 41.3. The molecule has 0 aromatic carbocycles. The van der Waals surface area contributed by atoms with Crippen LogP contribution in [0, 0.1) is 12.8 Å². The second kappa shape index (κ2) is 13.1. The van der Waals surface area contributed by atoms with E-state index in [4.69, 9.17) is 0 Å². The molecule has 0 saturated heterocycles. The van der Waals surface area contributed by atoms with E-state index in [0.717, 1.165) is 24.1 Å². The van der Waals surface area contributed by atoms with Crippen molar-refractivity contribution in [3.63, 3.8) is 0 Å². The van der Waals surface area contributed by atoms with Crippen LogP contribution in [0.3, 0.4) is 0 Å². The van der Waals surface area contributed by atoms with E-state index >= 15 is 0 Å². The third kappa shape index (κ3) is 8.06. The molecule has 1 aliphatic carbocycles. The number of hydrogen-bond acceptors (Lipinski definition) is 6. The van der Waals surface area contributed by atoms with Gasteiger partial charge in [0.15, 0.2) is 5.69 Å². The second-order valence-electron chi connectivity index (χ2n) is 9.91. The summed E-state index contributed by atoms with van der Waals surface area (Å²) in [5.74, 6) is -0.0760. The van der Waals surface area contributed by atoms with E-state index in [1.54, 1.807) is 18.5 Å². The summed E-state index contributed by atoms with van der Waals surface area (Å²) < 4.78 is 17.3. The van der Waals surface area contributed by atoms with Gasteiger partial charge < -0.3 is 15.2 Å². The summed E-state index contributed by atoms with van der Waals surface area (Å²) in [6, 6.07) is 6.75. The van der Waals surface area contributed by atoms with Crippen LogP contribution in [0.4, 0.5) is 10.1 Å². The standard InChI is InChI=1S/C27H34FN7O3/c1-19-7-8-21(15-29-19)16-30-27(38)24-18-35(33-32-24)17-22(28)9-11-34-12-10-23(14-26(34)37)31-25(36)13-20-5-3-2-4-6-20/h7-8,10,12,14-15,18,20,22H,2-6,9,11,13,16-17H2,1H3,(H,30,38)(H,31,36). The van der Waals surface area contributed by atoms with Crippen molar-refractivity contribution in [2.45, 2.75) is 77.7 Å². The molecular formula is C27H34FN7O3. The van der Waals surface area contributed by atoms with Crippen LogP contribution in [0.5, 0.6) is 0 Å². The lowest BCUT2D eigenvalue weighted by molar-refractivity contribution is -0.117. The molecule has 2 amide bonds. The number of aryl methyl sites for hydroxylation is 2. The van der Waals surface area contributed by atoms with E-state index in [1.807, 2.05) is 19.1 Å². The number of anilines is 1. The molecule has 1 atom stereocenters. The molecule has 3 aromatic heterocycles. The maximum atomic E-state index is 14.6. The Hall–Kier alpha value is -3.89. The monoisotopic (exact) mass is 523 g/mol. The Kier molecular flexibility index (Phi) is 9.34. The number of rotatable bonds is 11. The predicted molar refractivity (Wildman–Crippen MR) is 140 cm³/mol. The smallest absolute Gasteiger partial charge is 0.273 e. The summed E-state index contributed by atoms with van der Waals surface area (Å²) in [7, 11) is 0. The number of nitrogens with zero attached hydrogens (tertiary/aromatic N) is 5. The average molecular weight is 524 g/mol. The number of amides is 2. The molecule has 1 fully saturated rings. The molecule has 3 aromatic rings. The van der Waals surface area contributed by atoms with Crippen LogP contribution in [-0.2, 0) is 24.4 Å². The van der Waals surface area contributed by atoms with Crippen LogP contribution in [0.1, 0.15) is 66.7 Å². The molecule has 38 heavy (non-hydrogen) atoms. The van der Waals surface area contributed by atoms with E-state index in [9.17, 15) is 18.8 Å². The third-order valence-corrected chi connectivity index (χ3v) is 6.74. The van der Waals surface area contributed by atoms with E-state index < -0.39 is 12.1 Å². The third-order valence-electron chi connectivity index (χ3n) is 6.74. The van der Waals surface area contributed by atoms with Gasteiger partial charge in [-0.25, -0.2) is 9.07 Å². The molecule has 4 rings (SSSR count). The van der Waals surface area contributed by atoms with Crippen molar-refractivity contribution < 1.29 is 14.0 Å². The highest BCUT2D eigenvalue weighted by Crippen LogP contribution is 2.26. The molecule has 0 bridgehead atoms. The van der Waals surface area contributed by atoms with Crippen molar-refractivity contribution in [2.75, 3.05) is 5.32 Å². The zero-order chi connectivity index (χ0) is 26.9. The maximum absolute atomic E-state index is 14.6. The highest BCUT2D eigenvalue weighted by Gasteiger charge is 2.18. The number of carbonyl (C=O) groups is 2. The SMILES string of the molecule is Cc1ccc(CNC(=O)c2cn(CC(F)CCn3ccc(NC(=O)CC4CCCCC4)cc3=O)nn2)cn1. The number of aromatic nitrogens is 5. The first kappa shape index (κ1) is 27.2. The van der Waals surface area contributed by atoms with Crippen molar-refractivity contribution in [2.24, 2.45) is 5.92 Å².